The molecule has 0 unspecified atom stereocenters. The molecule has 0 radical (unpaired) electrons. The van der Waals surface area contributed by atoms with Crippen molar-refractivity contribution in [1.82, 2.24) is 19.1 Å². The second-order valence-corrected chi connectivity index (χ2v) is 11.6. The maximum Gasteiger partial charge on any atom is 0.137 e. The molecule has 0 fully saturated rings. The first kappa shape index (κ1) is 26.2. The van der Waals surface area contributed by atoms with E-state index in [1.54, 1.807) is 0 Å². The number of aromatic nitrogens is 4. The lowest BCUT2D eigenvalue weighted by Gasteiger charge is -2.10. The summed E-state index contributed by atoms with van der Waals surface area (Å²) in [5.41, 5.74) is 8.66. The first-order valence-electron chi connectivity index (χ1n) is 15.4. The van der Waals surface area contributed by atoms with Crippen molar-refractivity contribution in [2.45, 2.75) is 6.92 Å². The first-order chi connectivity index (χ1) is 22.7. The molecule has 5 nitrogen and oxygen atoms in total. The van der Waals surface area contributed by atoms with E-state index in [9.17, 15) is 0 Å². The minimum Gasteiger partial charge on any atom is -0.457 e. The quantitative estimate of drug-likeness (QED) is 0.200. The van der Waals surface area contributed by atoms with Crippen molar-refractivity contribution in [3.63, 3.8) is 0 Å². The van der Waals surface area contributed by atoms with Crippen LogP contribution in [0.1, 0.15) is 5.56 Å². The standard InChI is InChI=1S/C41H28N4O/c1-27-17-21-35(43-26-27)28-10-9-13-30(24-28)46-31-18-19-34-38(25-31)45(39-16-7-8-23-42-39)37-22-20-33-32-14-5-6-15-36(32)44(41(33)40(34)37)29-11-3-2-4-12-29/h2-26H,1H3. The molecule has 4 heterocycles. The molecule has 9 aromatic rings. The van der Waals surface area contributed by atoms with E-state index in [-0.39, 0.29) is 0 Å². The summed E-state index contributed by atoms with van der Waals surface area (Å²) in [5.74, 6) is 2.36. The van der Waals surface area contributed by atoms with Crippen LogP contribution in [-0.4, -0.2) is 19.1 Å². The molecular weight excluding hydrogens is 564 g/mol. The van der Waals surface area contributed by atoms with Crippen molar-refractivity contribution >= 4 is 43.6 Å². The van der Waals surface area contributed by atoms with Crippen LogP contribution < -0.4 is 4.74 Å². The van der Waals surface area contributed by atoms with Crippen LogP contribution in [0, 0.1) is 6.92 Å². The van der Waals surface area contributed by atoms with Crippen molar-refractivity contribution in [2.75, 3.05) is 0 Å². The highest BCUT2D eigenvalue weighted by atomic mass is 16.5. The van der Waals surface area contributed by atoms with Crippen molar-refractivity contribution in [2.24, 2.45) is 0 Å². The Labute approximate surface area is 265 Å². The van der Waals surface area contributed by atoms with Gasteiger partial charge in [-0.3, -0.25) is 9.55 Å². The van der Waals surface area contributed by atoms with E-state index in [2.05, 4.69) is 117 Å². The minimum absolute atomic E-state index is 0.751. The van der Waals surface area contributed by atoms with Gasteiger partial charge in [0.1, 0.15) is 17.3 Å². The Bertz CT molecular complexity index is 2550. The second-order valence-electron chi connectivity index (χ2n) is 11.6. The maximum absolute atomic E-state index is 6.52. The van der Waals surface area contributed by atoms with E-state index in [1.165, 1.54) is 27.2 Å². The zero-order valence-electron chi connectivity index (χ0n) is 25.1. The van der Waals surface area contributed by atoms with Crippen molar-refractivity contribution in [1.29, 1.82) is 0 Å². The zero-order chi connectivity index (χ0) is 30.6. The van der Waals surface area contributed by atoms with Crippen LogP contribution in [0.25, 0.3) is 66.4 Å². The molecule has 0 saturated heterocycles. The number of fused-ring (bicyclic) bond motifs is 7. The molecule has 5 heteroatoms. The van der Waals surface area contributed by atoms with E-state index in [0.717, 1.165) is 56.2 Å². The predicted molar refractivity (Wildman–Crippen MR) is 187 cm³/mol. The normalized spacial score (nSPS) is 11.6. The second kappa shape index (κ2) is 10.5. The highest BCUT2D eigenvalue weighted by Gasteiger charge is 2.21. The largest absolute Gasteiger partial charge is 0.457 e. The molecule has 46 heavy (non-hydrogen) atoms. The lowest BCUT2D eigenvalue weighted by molar-refractivity contribution is 0.483. The van der Waals surface area contributed by atoms with Gasteiger partial charge in [-0.15, -0.1) is 0 Å². The number of para-hydroxylation sites is 2. The summed E-state index contributed by atoms with van der Waals surface area (Å²) in [6.07, 6.45) is 3.73. The summed E-state index contributed by atoms with van der Waals surface area (Å²) in [5, 5.41) is 4.76. The summed E-state index contributed by atoms with van der Waals surface area (Å²) < 4.78 is 11.2. The molecule has 0 aliphatic carbocycles. The first-order valence-corrected chi connectivity index (χ1v) is 15.4. The molecule has 5 aromatic carbocycles. The molecule has 0 amide bonds. The summed E-state index contributed by atoms with van der Waals surface area (Å²) >= 11 is 0. The smallest absolute Gasteiger partial charge is 0.137 e. The van der Waals surface area contributed by atoms with Gasteiger partial charge < -0.3 is 9.30 Å². The summed E-state index contributed by atoms with van der Waals surface area (Å²) in [6, 6.07) is 48.4. The van der Waals surface area contributed by atoms with Gasteiger partial charge in [0.15, 0.2) is 0 Å². The lowest BCUT2D eigenvalue weighted by Crippen LogP contribution is -1.97. The Morgan fingerprint density at radius 1 is 0.543 bits per heavy atom. The van der Waals surface area contributed by atoms with Crippen molar-refractivity contribution in [3.05, 3.63) is 157 Å². The van der Waals surface area contributed by atoms with Gasteiger partial charge in [0.2, 0.25) is 0 Å². The SMILES string of the molecule is Cc1ccc(-c2cccc(Oc3ccc4c5c(ccc6c7ccccc7n(-c7ccccc7)c65)n(-c5ccccn5)c4c3)c2)nc1. The number of nitrogens with zero attached hydrogens (tertiary/aromatic N) is 4. The van der Waals surface area contributed by atoms with E-state index < -0.39 is 0 Å². The molecule has 0 N–H and O–H groups in total. The fraction of sp³-hybridized carbons (Fsp3) is 0.0244. The molecule has 218 valence electrons. The molecular formula is C41H28N4O. The van der Waals surface area contributed by atoms with E-state index in [0.29, 0.717) is 0 Å². The number of hydrogen-bond acceptors (Lipinski definition) is 3. The van der Waals surface area contributed by atoms with Crippen molar-refractivity contribution in [3.8, 4) is 34.3 Å². The van der Waals surface area contributed by atoms with Gasteiger partial charge in [-0.2, -0.15) is 0 Å². The third kappa shape index (κ3) is 4.17. The maximum atomic E-state index is 6.52. The summed E-state index contributed by atoms with van der Waals surface area (Å²) in [7, 11) is 0. The Hall–Kier alpha value is -6.20. The van der Waals surface area contributed by atoms with Crippen LogP contribution in [0.5, 0.6) is 11.5 Å². The lowest BCUT2D eigenvalue weighted by atomic mass is 10.1. The monoisotopic (exact) mass is 592 g/mol. The third-order valence-electron chi connectivity index (χ3n) is 8.70. The number of ether oxygens (including phenoxy) is 1. The zero-order valence-corrected chi connectivity index (χ0v) is 25.1. The molecule has 0 atom stereocenters. The topological polar surface area (TPSA) is 44.9 Å². The molecule has 0 aliphatic heterocycles. The summed E-state index contributed by atoms with van der Waals surface area (Å²) in [6.45, 7) is 2.04. The van der Waals surface area contributed by atoms with Crippen LogP contribution in [0.3, 0.4) is 0 Å². The van der Waals surface area contributed by atoms with Crippen LogP contribution in [0.15, 0.2) is 152 Å². The average Bonchev–Trinajstić information content (AvgIpc) is 3.62. The van der Waals surface area contributed by atoms with Crippen LogP contribution in [-0.2, 0) is 0 Å². The van der Waals surface area contributed by atoms with E-state index >= 15 is 0 Å². The Morgan fingerprint density at radius 2 is 1.37 bits per heavy atom. The average molecular weight is 593 g/mol. The van der Waals surface area contributed by atoms with Gasteiger partial charge in [-0.1, -0.05) is 66.7 Å². The Morgan fingerprint density at radius 3 is 2.22 bits per heavy atom. The molecule has 0 bridgehead atoms. The highest BCUT2D eigenvalue weighted by Crippen LogP contribution is 2.42. The molecule has 0 saturated carbocycles. The highest BCUT2D eigenvalue weighted by molar-refractivity contribution is 6.26. The van der Waals surface area contributed by atoms with Crippen LogP contribution in [0.4, 0.5) is 0 Å². The molecule has 9 rings (SSSR count). The van der Waals surface area contributed by atoms with Crippen LogP contribution in [0.2, 0.25) is 0 Å². The Balaban J connectivity index is 1.29. The fourth-order valence-electron chi connectivity index (χ4n) is 6.67. The van der Waals surface area contributed by atoms with Crippen molar-refractivity contribution < 1.29 is 4.74 Å². The number of hydrogen-bond donors (Lipinski definition) is 0. The molecule has 4 aromatic heterocycles. The summed E-state index contributed by atoms with van der Waals surface area (Å²) in [4.78, 5) is 9.41. The van der Waals surface area contributed by atoms with Gasteiger partial charge in [0.05, 0.1) is 27.8 Å². The third-order valence-corrected chi connectivity index (χ3v) is 8.70. The number of aryl methyl sites for hydroxylation is 1. The Kier molecular flexibility index (Phi) is 5.96. The minimum atomic E-state index is 0.751. The predicted octanol–water partition coefficient (Wildman–Crippen LogP) is 10.4. The van der Waals surface area contributed by atoms with Gasteiger partial charge in [0.25, 0.3) is 0 Å². The number of benzene rings is 5. The van der Waals surface area contributed by atoms with Gasteiger partial charge in [0, 0.05) is 51.3 Å². The fourth-order valence-corrected chi connectivity index (χ4v) is 6.67. The molecule has 0 spiro atoms. The van der Waals surface area contributed by atoms with Gasteiger partial charge in [-0.05, 0) is 79.2 Å². The van der Waals surface area contributed by atoms with Crippen LogP contribution >= 0.6 is 0 Å². The number of rotatable bonds is 5. The van der Waals surface area contributed by atoms with E-state index in [1.807, 2.05) is 55.7 Å². The van der Waals surface area contributed by atoms with Gasteiger partial charge in [-0.25, -0.2) is 4.98 Å². The van der Waals surface area contributed by atoms with E-state index in [4.69, 9.17) is 9.72 Å². The molecule has 0 aliphatic rings. The van der Waals surface area contributed by atoms with Gasteiger partial charge >= 0.3 is 0 Å². The number of pyridine rings is 2.